The van der Waals surface area contributed by atoms with E-state index in [4.69, 9.17) is 0 Å². The Morgan fingerprint density at radius 2 is 2.00 bits per heavy atom. The van der Waals surface area contributed by atoms with Crippen LogP contribution >= 0.6 is 0 Å². The quantitative estimate of drug-likeness (QED) is 0.556. The number of aromatic nitrogens is 1. The number of pyridine rings is 1. The van der Waals surface area contributed by atoms with Crippen LogP contribution in [0.25, 0.3) is 19.4 Å². The normalized spacial score (nSPS) is 11.2. The molecular weight excluding hydrogens is 237 g/mol. The summed E-state index contributed by atoms with van der Waals surface area (Å²) < 4.78 is 2.90. The summed E-state index contributed by atoms with van der Waals surface area (Å²) in [5.74, 6) is 0. The van der Waals surface area contributed by atoms with Crippen LogP contribution in [0.1, 0.15) is 5.56 Å². The van der Waals surface area contributed by atoms with E-state index in [2.05, 4.69) is 42.2 Å². The average molecular weight is 246 g/mol. The summed E-state index contributed by atoms with van der Waals surface area (Å²) in [6, 6.07) is 10.9. The zero-order chi connectivity index (χ0) is 9.54. The summed E-state index contributed by atoms with van der Waals surface area (Å²) >= 11 is 0.463. The molecular formula is C12H9NSe. The van der Waals surface area contributed by atoms with Crippen LogP contribution in [-0.2, 0) is 0 Å². The molecule has 0 aliphatic carbocycles. The third-order valence-corrected chi connectivity index (χ3v) is 4.67. The second-order valence-electron chi connectivity index (χ2n) is 3.46. The first kappa shape index (κ1) is 8.22. The first-order chi connectivity index (χ1) is 6.84. The van der Waals surface area contributed by atoms with E-state index in [0.29, 0.717) is 14.5 Å². The molecule has 3 aromatic rings. The topological polar surface area (TPSA) is 12.9 Å². The first-order valence-electron chi connectivity index (χ1n) is 4.58. The number of fused-ring (bicyclic) bond motifs is 3. The van der Waals surface area contributed by atoms with Crippen LogP contribution in [0.4, 0.5) is 0 Å². The van der Waals surface area contributed by atoms with Gasteiger partial charge in [-0.3, -0.25) is 0 Å². The molecule has 0 atom stereocenters. The summed E-state index contributed by atoms with van der Waals surface area (Å²) in [6.45, 7) is 2.10. The van der Waals surface area contributed by atoms with Crippen molar-refractivity contribution in [3.05, 3.63) is 42.1 Å². The Morgan fingerprint density at radius 3 is 2.93 bits per heavy atom. The molecule has 3 rings (SSSR count). The van der Waals surface area contributed by atoms with Gasteiger partial charge in [0.05, 0.1) is 0 Å². The van der Waals surface area contributed by atoms with E-state index in [1.54, 1.807) is 0 Å². The fourth-order valence-corrected chi connectivity index (χ4v) is 4.13. The van der Waals surface area contributed by atoms with Crippen LogP contribution in [0.2, 0.25) is 0 Å². The Labute approximate surface area is 88.1 Å². The number of hydrogen-bond acceptors (Lipinski definition) is 1. The van der Waals surface area contributed by atoms with E-state index in [-0.39, 0.29) is 0 Å². The van der Waals surface area contributed by atoms with Gasteiger partial charge in [0.25, 0.3) is 0 Å². The van der Waals surface area contributed by atoms with Gasteiger partial charge in [0.2, 0.25) is 0 Å². The minimum absolute atomic E-state index is 0.463. The van der Waals surface area contributed by atoms with Crippen molar-refractivity contribution in [3.63, 3.8) is 0 Å². The number of aryl methyl sites for hydroxylation is 1. The van der Waals surface area contributed by atoms with Crippen LogP contribution in [0.3, 0.4) is 0 Å². The van der Waals surface area contributed by atoms with Gasteiger partial charge in [0.1, 0.15) is 0 Å². The molecule has 68 valence electrons. The summed E-state index contributed by atoms with van der Waals surface area (Å²) in [6.07, 6.45) is 1.96. The standard InChI is InChI=1S/C12H9NSe/c1-8-6-11-12(13-7-8)9-4-2-3-5-10(9)14-11/h2-7H,1H3. The summed E-state index contributed by atoms with van der Waals surface area (Å²) in [4.78, 5) is 4.52. The van der Waals surface area contributed by atoms with Crippen molar-refractivity contribution in [1.29, 1.82) is 0 Å². The molecule has 2 heterocycles. The van der Waals surface area contributed by atoms with Crippen molar-refractivity contribution in [2.24, 2.45) is 0 Å². The molecule has 0 spiro atoms. The van der Waals surface area contributed by atoms with E-state index in [1.165, 1.54) is 25.0 Å². The Bertz CT molecular complexity index is 610. The van der Waals surface area contributed by atoms with Gasteiger partial charge in [0, 0.05) is 0 Å². The van der Waals surface area contributed by atoms with Gasteiger partial charge in [-0.25, -0.2) is 0 Å². The van der Waals surface area contributed by atoms with Gasteiger partial charge in [-0.05, 0) is 0 Å². The van der Waals surface area contributed by atoms with Gasteiger partial charge < -0.3 is 0 Å². The monoisotopic (exact) mass is 247 g/mol. The molecule has 0 radical (unpaired) electrons. The van der Waals surface area contributed by atoms with E-state index < -0.39 is 0 Å². The van der Waals surface area contributed by atoms with Crippen molar-refractivity contribution in [1.82, 2.24) is 4.98 Å². The number of nitrogens with zero attached hydrogens (tertiary/aromatic N) is 1. The molecule has 0 aliphatic heterocycles. The van der Waals surface area contributed by atoms with Crippen molar-refractivity contribution in [3.8, 4) is 0 Å². The first-order valence-corrected chi connectivity index (χ1v) is 6.30. The predicted octanol–water partition coefficient (Wildman–Crippen LogP) is 2.75. The van der Waals surface area contributed by atoms with Crippen LogP contribution in [-0.4, -0.2) is 19.5 Å². The number of benzene rings is 1. The molecule has 1 aromatic carbocycles. The van der Waals surface area contributed by atoms with Crippen molar-refractivity contribution in [2.75, 3.05) is 0 Å². The van der Waals surface area contributed by atoms with Gasteiger partial charge in [0.15, 0.2) is 0 Å². The molecule has 0 fully saturated rings. The van der Waals surface area contributed by atoms with Crippen molar-refractivity contribution < 1.29 is 0 Å². The third-order valence-electron chi connectivity index (χ3n) is 2.35. The number of rotatable bonds is 0. The summed E-state index contributed by atoms with van der Waals surface area (Å²) in [7, 11) is 0. The molecule has 0 amide bonds. The average Bonchev–Trinajstić information content (AvgIpc) is 2.54. The van der Waals surface area contributed by atoms with Gasteiger partial charge >= 0.3 is 87.9 Å². The van der Waals surface area contributed by atoms with Crippen molar-refractivity contribution in [2.45, 2.75) is 6.92 Å². The Morgan fingerprint density at radius 1 is 1.14 bits per heavy atom. The van der Waals surface area contributed by atoms with E-state index in [1.807, 2.05) is 6.20 Å². The zero-order valence-corrected chi connectivity index (χ0v) is 9.53. The van der Waals surface area contributed by atoms with Gasteiger partial charge in [-0.2, -0.15) is 0 Å². The van der Waals surface area contributed by atoms with Crippen LogP contribution in [0, 0.1) is 6.92 Å². The summed E-state index contributed by atoms with van der Waals surface area (Å²) in [5, 5.41) is 1.34. The minimum atomic E-state index is 0.463. The van der Waals surface area contributed by atoms with Crippen LogP contribution < -0.4 is 0 Å². The molecule has 0 bridgehead atoms. The molecule has 2 aromatic heterocycles. The Hall–Kier alpha value is -1.11. The van der Waals surface area contributed by atoms with E-state index >= 15 is 0 Å². The maximum atomic E-state index is 4.52. The van der Waals surface area contributed by atoms with Gasteiger partial charge in [-0.15, -0.1) is 0 Å². The Kier molecular flexibility index (Phi) is 1.73. The second-order valence-corrected chi connectivity index (χ2v) is 5.73. The van der Waals surface area contributed by atoms with E-state index in [9.17, 15) is 0 Å². The Balaban J connectivity index is 2.57. The molecule has 2 heteroatoms. The van der Waals surface area contributed by atoms with Gasteiger partial charge in [-0.1, -0.05) is 0 Å². The third kappa shape index (κ3) is 1.12. The van der Waals surface area contributed by atoms with E-state index in [0.717, 1.165) is 0 Å². The van der Waals surface area contributed by atoms with Crippen LogP contribution in [0.15, 0.2) is 36.5 Å². The second kappa shape index (κ2) is 2.94. The zero-order valence-electron chi connectivity index (χ0n) is 7.82. The maximum absolute atomic E-state index is 4.52. The molecule has 0 aliphatic rings. The molecule has 14 heavy (non-hydrogen) atoms. The van der Waals surface area contributed by atoms with Crippen molar-refractivity contribution >= 4 is 33.9 Å². The molecule has 0 unspecified atom stereocenters. The molecule has 0 N–H and O–H groups in total. The molecule has 0 saturated heterocycles. The molecule has 1 nitrogen and oxygen atoms in total. The molecule has 0 saturated carbocycles. The summed E-state index contributed by atoms with van der Waals surface area (Å²) in [5.41, 5.74) is 2.46. The SMILES string of the molecule is Cc1cnc2c(c1)[se]c1ccccc12. The predicted molar refractivity (Wildman–Crippen MR) is 60.9 cm³/mol. The van der Waals surface area contributed by atoms with Crippen LogP contribution in [0.5, 0.6) is 0 Å². The fraction of sp³-hybridized carbons (Fsp3) is 0.0833. The number of hydrogen-bond donors (Lipinski definition) is 0. The fourth-order valence-electron chi connectivity index (χ4n) is 1.69.